The van der Waals surface area contributed by atoms with E-state index in [9.17, 15) is 4.79 Å². The zero-order chi connectivity index (χ0) is 17.4. The van der Waals surface area contributed by atoms with E-state index in [-0.39, 0.29) is 5.91 Å². The molecule has 1 amide bonds. The molecule has 0 aliphatic heterocycles. The van der Waals surface area contributed by atoms with Crippen LogP contribution in [0.4, 0.5) is 5.69 Å². The Hall–Kier alpha value is -2.66. The Balaban J connectivity index is 1.66. The molecule has 25 heavy (non-hydrogen) atoms. The van der Waals surface area contributed by atoms with E-state index >= 15 is 0 Å². The molecule has 1 unspecified atom stereocenters. The number of fused-ring (bicyclic) bond motifs is 3. The third-order valence-corrected chi connectivity index (χ3v) is 4.93. The molecular weight excluding hydrogens is 314 g/mol. The lowest BCUT2D eigenvalue weighted by Gasteiger charge is -2.27. The molecule has 0 fully saturated rings. The summed E-state index contributed by atoms with van der Waals surface area (Å²) < 4.78 is 6.01. The maximum absolute atomic E-state index is 12.5. The second-order valence-electron chi connectivity index (χ2n) is 6.77. The summed E-state index contributed by atoms with van der Waals surface area (Å²) in [6, 6.07) is 9.79. The first-order chi connectivity index (χ1) is 12.1. The van der Waals surface area contributed by atoms with Crippen molar-refractivity contribution in [1.82, 2.24) is 9.88 Å². The van der Waals surface area contributed by atoms with E-state index in [1.807, 2.05) is 24.3 Å². The van der Waals surface area contributed by atoms with Crippen LogP contribution < -0.4 is 5.32 Å². The first kappa shape index (κ1) is 15.8. The number of nitrogens with one attached hydrogen (secondary N) is 1. The molecule has 2 heterocycles. The smallest absolute Gasteiger partial charge is 0.255 e. The standard InChI is InChI=1S/C20H21N3O2/c1-23(2)15-6-8-19-17(11-15)16-10-13(5-7-18(16)25-19)20(24)22-14-4-3-9-21-12-14/h3-5,7,9-10,12,15H,6,8,11H2,1-2H3,(H,22,24). The number of anilines is 1. The van der Waals surface area contributed by atoms with Crippen LogP contribution in [0.3, 0.4) is 0 Å². The van der Waals surface area contributed by atoms with Crippen LogP contribution in [0, 0.1) is 0 Å². The summed E-state index contributed by atoms with van der Waals surface area (Å²) in [6.07, 6.45) is 6.33. The first-order valence-corrected chi connectivity index (χ1v) is 8.54. The Morgan fingerprint density at radius 3 is 2.96 bits per heavy atom. The van der Waals surface area contributed by atoms with E-state index in [2.05, 4.69) is 29.3 Å². The average molecular weight is 335 g/mol. The van der Waals surface area contributed by atoms with E-state index in [4.69, 9.17) is 4.42 Å². The number of amides is 1. The Labute approximate surface area is 146 Å². The SMILES string of the molecule is CN(C)C1CCc2oc3ccc(C(=O)Nc4cccnc4)cc3c2C1. The normalized spacial score (nSPS) is 16.8. The van der Waals surface area contributed by atoms with Gasteiger partial charge in [-0.15, -0.1) is 0 Å². The van der Waals surface area contributed by atoms with Crippen LogP contribution in [-0.4, -0.2) is 35.9 Å². The Bertz CT molecular complexity index is 915. The molecular formula is C20H21N3O2. The van der Waals surface area contributed by atoms with Gasteiger partial charge in [-0.2, -0.15) is 0 Å². The average Bonchev–Trinajstić information content (AvgIpc) is 2.99. The second-order valence-corrected chi connectivity index (χ2v) is 6.77. The van der Waals surface area contributed by atoms with Crippen molar-refractivity contribution in [1.29, 1.82) is 0 Å². The molecule has 0 bridgehead atoms. The van der Waals surface area contributed by atoms with Crippen LogP contribution in [0.25, 0.3) is 11.0 Å². The van der Waals surface area contributed by atoms with E-state index in [0.717, 1.165) is 36.0 Å². The molecule has 5 nitrogen and oxygen atoms in total. The van der Waals surface area contributed by atoms with Crippen LogP contribution in [0.1, 0.15) is 28.1 Å². The highest BCUT2D eigenvalue weighted by molar-refractivity contribution is 6.06. The van der Waals surface area contributed by atoms with Crippen molar-refractivity contribution >= 4 is 22.6 Å². The summed E-state index contributed by atoms with van der Waals surface area (Å²) in [5, 5.41) is 3.94. The predicted octanol–water partition coefficient (Wildman–Crippen LogP) is 3.50. The van der Waals surface area contributed by atoms with Gasteiger partial charge in [0.1, 0.15) is 11.3 Å². The number of benzene rings is 1. The Morgan fingerprint density at radius 2 is 2.20 bits per heavy atom. The lowest BCUT2D eigenvalue weighted by atomic mass is 9.91. The lowest BCUT2D eigenvalue weighted by molar-refractivity contribution is 0.102. The van der Waals surface area contributed by atoms with Crippen LogP contribution >= 0.6 is 0 Å². The zero-order valence-corrected chi connectivity index (χ0v) is 14.5. The fourth-order valence-electron chi connectivity index (χ4n) is 3.48. The van der Waals surface area contributed by atoms with E-state index in [1.165, 1.54) is 5.56 Å². The third kappa shape index (κ3) is 3.03. The van der Waals surface area contributed by atoms with Gasteiger partial charge in [-0.1, -0.05) is 0 Å². The second kappa shape index (κ2) is 6.33. The number of hydrogen-bond acceptors (Lipinski definition) is 4. The number of pyridine rings is 1. The highest BCUT2D eigenvalue weighted by Gasteiger charge is 2.25. The Kier molecular flexibility index (Phi) is 4.01. The molecule has 0 saturated carbocycles. The maximum Gasteiger partial charge on any atom is 0.255 e. The zero-order valence-electron chi connectivity index (χ0n) is 14.5. The molecule has 0 spiro atoms. The van der Waals surface area contributed by atoms with E-state index < -0.39 is 0 Å². The van der Waals surface area contributed by atoms with Crippen molar-refractivity contribution in [3.05, 3.63) is 59.6 Å². The molecule has 128 valence electrons. The number of likely N-dealkylation sites (N-methyl/N-ethyl adjacent to an activating group) is 1. The highest BCUT2D eigenvalue weighted by atomic mass is 16.3. The van der Waals surface area contributed by atoms with Crippen LogP contribution in [0.2, 0.25) is 0 Å². The molecule has 0 radical (unpaired) electrons. The van der Waals surface area contributed by atoms with Gasteiger partial charge in [0.25, 0.3) is 5.91 Å². The topological polar surface area (TPSA) is 58.4 Å². The predicted molar refractivity (Wildman–Crippen MR) is 97.9 cm³/mol. The third-order valence-electron chi connectivity index (χ3n) is 4.93. The molecule has 4 rings (SSSR count). The number of aromatic nitrogens is 1. The first-order valence-electron chi connectivity index (χ1n) is 8.54. The quantitative estimate of drug-likeness (QED) is 0.796. The molecule has 1 aliphatic rings. The van der Waals surface area contributed by atoms with Crippen molar-refractivity contribution in [2.45, 2.75) is 25.3 Å². The van der Waals surface area contributed by atoms with E-state index in [0.29, 0.717) is 17.3 Å². The summed E-state index contributed by atoms with van der Waals surface area (Å²) in [5.41, 5.74) is 3.43. The molecule has 1 N–H and O–H groups in total. The number of nitrogens with zero attached hydrogens (tertiary/aromatic N) is 2. The van der Waals surface area contributed by atoms with Gasteiger partial charge in [0.2, 0.25) is 0 Å². The van der Waals surface area contributed by atoms with Crippen molar-refractivity contribution < 1.29 is 9.21 Å². The summed E-state index contributed by atoms with van der Waals surface area (Å²) in [6.45, 7) is 0. The molecule has 5 heteroatoms. The number of rotatable bonds is 3. The molecule has 1 atom stereocenters. The van der Waals surface area contributed by atoms with Crippen molar-refractivity contribution in [3.8, 4) is 0 Å². The van der Waals surface area contributed by atoms with Crippen molar-refractivity contribution in [3.63, 3.8) is 0 Å². The Morgan fingerprint density at radius 1 is 1.32 bits per heavy atom. The molecule has 1 aromatic carbocycles. The minimum Gasteiger partial charge on any atom is -0.461 e. The van der Waals surface area contributed by atoms with Gasteiger partial charge in [-0.25, -0.2) is 0 Å². The number of carbonyl (C=O) groups is 1. The lowest BCUT2D eigenvalue weighted by Crippen LogP contribution is -2.33. The summed E-state index contributed by atoms with van der Waals surface area (Å²) in [4.78, 5) is 18.8. The van der Waals surface area contributed by atoms with Crippen LogP contribution in [-0.2, 0) is 12.8 Å². The van der Waals surface area contributed by atoms with Crippen LogP contribution in [0.5, 0.6) is 0 Å². The molecule has 1 aliphatic carbocycles. The van der Waals surface area contributed by atoms with Crippen molar-refractivity contribution in [2.24, 2.45) is 0 Å². The van der Waals surface area contributed by atoms with Crippen molar-refractivity contribution in [2.75, 3.05) is 19.4 Å². The van der Waals surface area contributed by atoms with Gasteiger partial charge in [-0.3, -0.25) is 9.78 Å². The summed E-state index contributed by atoms with van der Waals surface area (Å²) >= 11 is 0. The number of hydrogen-bond donors (Lipinski definition) is 1. The maximum atomic E-state index is 12.5. The summed E-state index contributed by atoms with van der Waals surface area (Å²) in [5.74, 6) is 0.933. The van der Waals surface area contributed by atoms with Crippen LogP contribution in [0.15, 0.2) is 47.1 Å². The van der Waals surface area contributed by atoms with Gasteiger partial charge in [0, 0.05) is 35.2 Å². The van der Waals surface area contributed by atoms with E-state index in [1.54, 1.807) is 18.5 Å². The minimum atomic E-state index is -0.134. The summed E-state index contributed by atoms with van der Waals surface area (Å²) in [7, 11) is 4.23. The van der Waals surface area contributed by atoms with Gasteiger partial charge in [0.05, 0.1) is 11.9 Å². The molecule has 2 aromatic heterocycles. The monoisotopic (exact) mass is 335 g/mol. The highest BCUT2D eigenvalue weighted by Crippen LogP contribution is 2.33. The molecule has 3 aromatic rings. The van der Waals surface area contributed by atoms with Gasteiger partial charge < -0.3 is 14.6 Å². The van der Waals surface area contributed by atoms with Gasteiger partial charge in [-0.05, 0) is 57.3 Å². The fraction of sp³-hybridized carbons (Fsp3) is 0.300. The fourth-order valence-corrected chi connectivity index (χ4v) is 3.48. The number of aryl methyl sites for hydroxylation is 1. The van der Waals surface area contributed by atoms with Gasteiger partial charge in [0.15, 0.2) is 0 Å². The largest absolute Gasteiger partial charge is 0.461 e. The number of furan rings is 1. The number of carbonyl (C=O) groups excluding carboxylic acids is 1. The van der Waals surface area contributed by atoms with Gasteiger partial charge >= 0.3 is 0 Å². The minimum absolute atomic E-state index is 0.134. The molecule has 0 saturated heterocycles.